The van der Waals surface area contributed by atoms with Crippen LogP contribution in [0.15, 0.2) is 59.3 Å². The van der Waals surface area contributed by atoms with Crippen LogP contribution in [0.4, 0.5) is 4.39 Å². The largest absolute Gasteiger partial charge is 0.496 e. The predicted molar refractivity (Wildman–Crippen MR) is 89.0 cm³/mol. The Bertz CT molecular complexity index is 877. The Labute approximate surface area is 143 Å². The molecule has 0 aliphatic rings. The fraction of sp³-hybridized carbons (Fsp3) is 0.158. The molecule has 3 rings (SSSR count). The molecule has 1 aromatic heterocycles. The minimum absolute atomic E-state index is 0.235. The summed E-state index contributed by atoms with van der Waals surface area (Å²) in [4.78, 5) is 15.3. The van der Waals surface area contributed by atoms with Crippen LogP contribution in [-0.4, -0.2) is 23.2 Å². The summed E-state index contributed by atoms with van der Waals surface area (Å²) in [6.07, 6.45) is 2.55. The van der Waals surface area contributed by atoms with Crippen molar-refractivity contribution in [3.05, 3.63) is 72.2 Å². The van der Waals surface area contributed by atoms with Crippen molar-refractivity contribution in [2.75, 3.05) is 7.11 Å². The van der Waals surface area contributed by atoms with Crippen molar-refractivity contribution in [1.29, 1.82) is 0 Å². The number of carboxylic acid groups (broad SMARTS) is 1. The summed E-state index contributed by atoms with van der Waals surface area (Å²) in [5.41, 5.74) is 1.78. The maximum Gasteiger partial charge on any atom is 0.304 e. The lowest BCUT2D eigenvalue weighted by molar-refractivity contribution is -0.137. The Morgan fingerprint density at radius 2 is 2.12 bits per heavy atom. The smallest absolute Gasteiger partial charge is 0.304 e. The SMILES string of the molecule is COc1ccccc1-c1cc(F)cc(C(CC(=O)O)c2ncco2)c1. The van der Waals surface area contributed by atoms with E-state index >= 15 is 0 Å². The maximum atomic E-state index is 14.2. The first-order valence-corrected chi connectivity index (χ1v) is 7.63. The first-order valence-electron chi connectivity index (χ1n) is 7.63. The van der Waals surface area contributed by atoms with Crippen molar-refractivity contribution in [3.63, 3.8) is 0 Å². The molecule has 128 valence electrons. The van der Waals surface area contributed by atoms with E-state index in [2.05, 4.69) is 4.98 Å². The standard InChI is InChI=1S/C19H16FNO4/c1-24-17-5-3-2-4-15(17)12-8-13(10-14(20)9-12)16(11-18(22)23)19-21-6-7-25-19/h2-10,16H,11H2,1H3,(H,22,23). The molecule has 3 aromatic rings. The number of hydrogen-bond acceptors (Lipinski definition) is 4. The normalized spacial score (nSPS) is 11.9. The second-order valence-corrected chi connectivity index (χ2v) is 5.49. The molecular weight excluding hydrogens is 325 g/mol. The molecule has 1 atom stereocenters. The van der Waals surface area contributed by atoms with E-state index in [0.717, 1.165) is 0 Å². The molecule has 1 unspecified atom stereocenters. The van der Waals surface area contributed by atoms with Gasteiger partial charge < -0.3 is 14.3 Å². The number of ether oxygens (including phenoxy) is 1. The summed E-state index contributed by atoms with van der Waals surface area (Å²) in [5.74, 6) is -1.34. The van der Waals surface area contributed by atoms with E-state index < -0.39 is 17.7 Å². The highest BCUT2D eigenvalue weighted by Gasteiger charge is 2.23. The van der Waals surface area contributed by atoms with Crippen LogP contribution in [0.5, 0.6) is 5.75 Å². The van der Waals surface area contributed by atoms with Gasteiger partial charge in [0, 0.05) is 5.56 Å². The fourth-order valence-corrected chi connectivity index (χ4v) is 2.78. The lowest BCUT2D eigenvalue weighted by Crippen LogP contribution is -2.09. The maximum absolute atomic E-state index is 14.2. The van der Waals surface area contributed by atoms with Gasteiger partial charge in [0.05, 0.1) is 25.6 Å². The number of hydrogen-bond donors (Lipinski definition) is 1. The van der Waals surface area contributed by atoms with Gasteiger partial charge in [0.2, 0.25) is 5.89 Å². The summed E-state index contributed by atoms with van der Waals surface area (Å²) in [5, 5.41) is 9.20. The zero-order valence-electron chi connectivity index (χ0n) is 13.5. The fourth-order valence-electron chi connectivity index (χ4n) is 2.78. The Morgan fingerprint density at radius 3 is 2.80 bits per heavy atom. The lowest BCUT2D eigenvalue weighted by Gasteiger charge is -2.15. The number of aromatic nitrogens is 1. The number of benzene rings is 2. The molecule has 5 nitrogen and oxygen atoms in total. The minimum atomic E-state index is -1.02. The first kappa shape index (κ1) is 16.7. The molecule has 0 saturated carbocycles. The van der Waals surface area contributed by atoms with Crippen LogP contribution in [0.1, 0.15) is 23.8 Å². The van der Waals surface area contributed by atoms with Gasteiger partial charge in [-0.05, 0) is 35.4 Å². The van der Waals surface area contributed by atoms with Crippen LogP contribution in [0.2, 0.25) is 0 Å². The molecule has 0 saturated heterocycles. The minimum Gasteiger partial charge on any atom is -0.496 e. The number of aliphatic carboxylic acids is 1. The highest BCUT2D eigenvalue weighted by molar-refractivity contribution is 5.72. The van der Waals surface area contributed by atoms with Crippen molar-refractivity contribution >= 4 is 5.97 Å². The number of methoxy groups -OCH3 is 1. The molecule has 0 amide bonds. The van der Waals surface area contributed by atoms with Gasteiger partial charge in [-0.3, -0.25) is 4.79 Å². The molecule has 0 spiro atoms. The monoisotopic (exact) mass is 341 g/mol. The average Bonchev–Trinajstić information content (AvgIpc) is 3.13. The topological polar surface area (TPSA) is 72.6 Å². The van der Waals surface area contributed by atoms with Crippen molar-refractivity contribution in [2.45, 2.75) is 12.3 Å². The number of rotatable bonds is 6. The third-order valence-corrected chi connectivity index (χ3v) is 3.87. The van der Waals surface area contributed by atoms with E-state index in [0.29, 0.717) is 22.4 Å². The van der Waals surface area contributed by atoms with Gasteiger partial charge in [-0.25, -0.2) is 9.37 Å². The van der Waals surface area contributed by atoms with E-state index in [1.807, 2.05) is 18.2 Å². The zero-order valence-corrected chi connectivity index (χ0v) is 13.5. The Morgan fingerprint density at radius 1 is 1.32 bits per heavy atom. The Balaban J connectivity index is 2.10. The van der Waals surface area contributed by atoms with Crippen LogP contribution in [0.25, 0.3) is 11.1 Å². The van der Waals surface area contributed by atoms with E-state index in [4.69, 9.17) is 9.15 Å². The number of para-hydroxylation sites is 1. The van der Waals surface area contributed by atoms with Crippen molar-refractivity contribution < 1.29 is 23.4 Å². The number of nitrogens with zero attached hydrogens (tertiary/aromatic N) is 1. The van der Waals surface area contributed by atoms with Crippen LogP contribution >= 0.6 is 0 Å². The van der Waals surface area contributed by atoms with Gasteiger partial charge in [-0.15, -0.1) is 0 Å². The van der Waals surface area contributed by atoms with E-state index in [9.17, 15) is 14.3 Å². The van der Waals surface area contributed by atoms with Gasteiger partial charge in [0.25, 0.3) is 0 Å². The van der Waals surface area contributed by atoms with E-state index in [-0.39, 0.29) is 12.3 Å². The van der Waals surface area contributed by atoms with Crippen LogP contribution in [0, 0.1) is 5.82 Å². The second kappa shape index (κ2) is 7.17. The zero-order chi connectivity index (χ0) is 17.8. The molecule has 6 heteroatoms. The molecule has 0 aliphatic heterocycles. The molecule has 0 bridgehead atoms. The molecule has 2 aromatic carbocycles. The molecular formula is C19H16FNO4. The van der Waals surface area contributed by atoms with Crippen LogP contribution in [-0.2, 0) is 4.79 Å². The van der Waals surface area contributed by atoms with Gasteiger partial charge >= 0.3 is 5.97 Å². The van der Waals surface area contributed by atoms with Crippen LogP contribution < -0.4 is 4.74 Å². The number of carboxylic acids is 1. The molecule has 0 fully saturated rings. The van der Waals surface area contributed by atoms with Gasteiger partial charge in [0.1, 0.15) is 17.8 Å². The van der Waals surface area contributed by atoms with Gasteiger partial charge in [0.15, 0.2) is 0 Å². The molecule has 0 radical (unpaired) electrons. The molecule has 0 aliphatic carbocycles. The highest BCUT2D eigenvalue weighted by Crippen LogP contribution is 2.34. The quantitative estimate of drug-likeness (QED) is 0.731. The van der Waals surface area contributed by atoms with E-state index in [1.54, 1.807) is 19.2 Å². The third kappa shape index (κ3) is 3.68. The van der Waals surface area contributed by atoms with Crippen molar-refractivity contribution in [3.8, 4) is 16.9 Å². The summed E-state index contributed by atoms with van der Waals surface area (Å²) < 4.78 is 24.8. The molecule has 25 heavy (non-hydrogen) atoms. The molecule has 1 heterocycles. The summed E-state index contributed by atoms with van der Waals surface area (Å²) in [7, 11) is 1.54. The van der Waals surface area contributed by atoms with Crippen LogP contribution in [0.3, 0.4) is 0 Å². The highest BCUT2D eigenvalue weighted by atomic mass is 19.1. The van der Waals surface area contributed by atoms with Crippen molar-refractivity contribution in [2.24, 2.45) is 0 Å². The lowest BCUT2D eigenvalue weighted by atomic mass is 9.92. The molecule has 1 N–H and O–H groups in total. The first-order chi connectivity index (χ1) is 12.1. The number of halogens is 1. The van der Waals surface area contributed by atoms with E-state index in [1.165, 1.54) is 24.6 Å². The van der Waals surface area contributed by atoms with Gasteiger partial charge in [-0.2, -0.15) is 0 Å². The number of carbonyl (C=O) groups is 1. The summed E-state index contributed by atoms with van der Waals surface area (Å²) in [6, 6.07) is 11.7. The second-order valence-electron chi connectivity index (χ2n) is 5.49. The summed E-state index contributed by atoms with van der Waals surface area (Å²) in [6.45, 7) is 0. The predicted octanol–water partition coefficient (Wildman–Crippen LogP) is 4.10. The summed E-state index contributed by atoms with van der Waals surface area (Å²) >= 11 is 0. The average molecular weight is 341 g/mol. The Hall–Kier alpha value is -3.15. The van der Waals surface area contributed by atoms with Crippen molar-refractivity contribution in [1.82, 2.24) is 4.98 Å². The van der Waals surface area contributed by atoms with Gasteiger partial charge in [-0.1, -0.05) is 18.2 Å². The Kier molecular flexibility index (Phi) is 4.79. The number of oxazole rings is 1. The third-order valence-electron chi connectivity index (χ3n) is 3.87.